The first-order chi connectivity index (χ1) is 9.06. The van der Waals surface area contributed by atoms with Crippen LogP contribution in [0.5, 0.6) is 11.5 Å². The predicted molar refractivity (Wildman–Crippen MR) is 78.8 cm³/mol. The molecule has 2 rings (SSSR count). The smallest absolute Gasteiger partial charge is 0.231 e. The van der Waals surface area contributed by atoms with Gasteiger partial charge in [0.2, 0.25) is 6.79 Å². The Labute approximate surface area is 118 Å². The molecule has 1 aromatic rings. The topological polar surface area (TPSA) is 54.9 Å². The predicted octanol–water partition coefficient (Wildman–Crippen LogP) is 2.01. The molecule has 0 aromatic heterocycles. The number of fused-ring (bicyclic) bond motifs is 1. The third kappa shape index (κ3) is 3.57. The zero-order valence-electron chi connectivity index (χ0n) is 11.2. The highest BCUT2D eigenvalue weighted by Crippen LogP contribution is 2.32. The lowest BCUT2D eigenvalue weighted by Gasteiger charge is -2.10. The molecule has 1 aromatic carbocycles. The van der Waals surface area contributed by atoms with Crippen LogP contribution in [0.4, 0.5) is 0 Å². The van der Waals surface area contributed by atoms with Gasteiger partial charge in [-0.3, -0.25) is 5.43 Å². The van der Waals surface area contributed by atoms with Crippen molar-refractivity contribution in [3.05, 3.63) is 23.8 Å². The van der Waals surface area contributed by atoms with Gasteiger partial charge in [-0.2, -0.15) is 5.10 Å². The maximum absolute atomic E-state index is 5.33. The summed E-state index contributed by atoms with van der Waals surface area (Å²) < 4.78 is 10.6. The number of hydrazone groups is 1. The summed E-state index contributed by atoms with van der Waals surface area (Å²) in [7, 11) is 0. The molecule has 102 valence electrons. The van der Waals surface area contributed by atoms with Crippen molar-refractivity contribution in [3.8, 4) is 11.5 Å². The number of thiocarbonyl (C=S) groups is 1. The van der Waals surface area contributed by atoms with E-state index in [2.05, 4.69) is 15.8 Å². The highest BCUT2D eigenvalue weighted by molar-refractivity contribution is 7.80. The molecule has 0 amide bonds. The van der Waals surface area contributed by atoms with Crippen LogP contribution in [0, 0.1) is 0 Å². The van der Waals surface area contributed by atoms with Gasteiger partial charge in [-0.25, -0.2) is 0 Å². The number of nitrogens with zero attached hydrogens (tertiary/aromatic N) is 1. The Kier molecular flexibility index (Phi) is 4.21. The molecule has 19 heavy (non-hydrogen) atoms. The number of ether oxygens (including phenoxy) is 2. The molecular formula is C13H17N3O2S. The lowest BCUT2D eigenvalue weighted by molar-refractivity contribution is 0.174. The van der Waals surface area contributed by atoms with Gasteiger partial charge < -0.3 is 14.8 Å². The maximum Gasteiger partial charge on any atom is 0.231 e. The summed E-state index contributed by atoms with van der Waals surface area (Å²) in [6.45, 7) is 6.21. The largest absolute Gasteiger partial charge is 0.454 e. The van der Waals surface area contributed by atoms with Gasteiger partial charge in [0.15, 0.2) is 16.6 Å². The molecule has 0 saturated heterocycles. The SMILES string of the molecule is C/C(=N/NC(=S)NC(C)C)c1ccc2c(c1)OCO2. The molecule has 5 nitrogen and oxygen atoms in total. The van der Waals surface area contributed by atoms with Crippen LogP contribution >= 0.6 is 12.2 Å². The van der Waals surface area contributed by atoms with Gasteiger partial charge in [-0.15, -0.1) is 0 Å². The van der Waals surface area contributed by atoms with E-state index >= 15 is 0 Å². The summed E-state index contributed by atoms with van der Waals surface area (Å²) in [5.74, 6) is 1.51. The summed E-state index contributed by atoms with van der Waals surface area (Å²) in [5, 5.41) is 7.81. The van der Waals surface area contributed by atoms with Crippen molar-refractivity contribution in [2.24, 2.45) is 5.10 Å². The van der Waals surface area contributed by atoms with E-state index < -0.39 is 0 Å². The zero-order chi connectivity index (χ0) is 13.8. The van der Waals surface area contributed by atoms with Crippen LogP contribution in [-0.2, 0) is 0 Å². The van der Waals surface area contributed by atoms with Crippen LogP contribution in [0.3, 0.4) is 0 Å². The van der Waals surface area contributed by atoms with Crippen LogP contribution in [0.1, 0.15) is 26.3 Å². The summed E-state index contributed by atoms with van der Waals surface area (Å²) >= 11 is 5.10. The molecule has 0 aliphatic carbocycles. The number of rotatable bonds is 3. The first kappa shape index (κ1) is 13.6. The molecule has 1 aliphatic heterocycles. The fourth-order valence-corrected chi connectivity index (χ4v) is 1.90. The Morgan fingerprint density at radius 2 is 2.05 bits per heavy atom. The Morgan fingerprint density at radius 1 is 1.32 bits per heavy atom. The second-order valence-corrected chi connectivity index (χ2v) is 4.91. The minimum absolute atomic E-state index is 0.273. The summed E-state index contributed by atoms with van der Waals surface area (Å²) in [4.78, 5) is 0. The molecule has 0 saturated carbocycles. The van der Waals surface area contributed by atoms with Gasteiger partial charge >= 0.3 is 0 Å². The molecule has 1 heterocycles. The van der Waals surface area contributed by atoms with Gasteiger partial charge in [-0.1, -0.05) is 0 Å². The normalized spacial score (nSPS) is 13.6. The average Bonchev–Trinajstić information content (AvgIpc) is 2.82. The second kappa shape index (κ2) is 5.88. The monoisotopic (exact) mass is 279 g/mol. The number of benzene rings is 1. The minimum Gasteiger partial charge on any atom is -0.454 e. The molecule has 0 bridgehead atoms. The third-order valence-electron chi connectivity index (χ3n) is 2.54. The maximum atomic E-state index is 5.33. The van der Waals surface area contributed by atoms with Crippen molar-refractivity contribution in [1.82, 2.24) is 10.7 Å². The average molecular weight is 279 g/mol. The van der Waals surface area contributed by atoms with Crippen molar-refractivity contribution in [2.75, 3.05) is 6.79 Å². The lowest BCUT2D eigenvalue weighted by Crippen LogP contribution is -2.37. The van der Waals surface area contributed by atoms with Crippen molar-refractivity contribution in [1.29, 1.82) is 0 Å². The first-order valence-electron chi connectivity index (χ1n) is 6.07. The number of hydrogen-bond acceptors (Lipinski definition) is 4. The highest BCUT2D eigenvalue weighted by atomic mass is 32.1. The molecule has 1 aliphatic rings. The van der Waals surface area contributed by atoms with Gasteiger partial charge in [-0.05, 0) is 51.2 Å². The van der Waals surface area contributed by atoms with E-state index in [1.807, 2.05) is 39.0 Å². The molecular weight excluding hydrogens is 262 g/mol. The summed E-state index contributed by atoms with van der Waals surface area (Å²) in [5.41, 5.74) is 4.60. The Bertz CT molecular complexity index is 515. The van der Waals surface area contributed by atoms with Crippen LogP contribution in [0.25, 0.3) is 0 Å². The molecule has 0 atom stereocenters. The van der Waals surface area contributed by atoms with Gasteiger partial charge in [0, 0.05) is 11.6 Å². The van der Waals surface area contributed by atoms with Crippen molar-refractivity contribution in [2.45, 2.75) is 26.8 Å². The first-order valence-corrected chi connectivity index (χ1v) is 6.48. The van der Waals surface area contributed by atoms with Crippen molar-refractivity contribution in [3.63, 3.8) is 0 Å². The van der Waals surface area contributed by atoms with E-state index in [4.69, 9.17) is 21.7 Å². The van der Waals surface area contributed by atoms with Crippen LogP contribution in [0.15, 0.2) is 23.3 Å². The van der Waals surface area contributed by atoms with E-state index in [1.54, 1.807) is 0 Å². The Hall–Kier alpha value is -1.82. The van der Waals surface area contributed by atoms with Crippen LogP contribution in [0.2, 0.25) is 0 Å². The van der Waals surface area contributed by atoms with Crippen LogP contribution < -0.4 is 20.2 Å². The molecule has 0 spiro atoms. The van der Waals surface area contributed by atoms with Gasteiger partial charge in [0.1, 0.15) is 0 Å². The van der Waals surface area contributed by atoms with E-state index in [1.165, 1.54) is 0 Å². The quantitative estimate of drug-likeness (QED) is 0.503. The number of nitrogens with one attached hydrogen (secondary N) is 2. The lowest BCUT2D eigenvalue weighted by atomic mass is 10.1. The van der Waals surface area contributed by atoms with E-state index in [0.717, 1.165) is 22.8 Å². The molecule has 6 heteroatoms. The fourth-order valence-electron chi connectivity index (χ4n) is 1.62. The molecule has 0 fully saturated rings. The Morgan fingerprint density at radius 3 is 2.79 bits per heavy atom. The molecule has 2 N–H and O–H groups in total. The van der Waals surface area contributed by atoms with Crippen LogP contribution in [-0.4, -0.2) is 23.7 Å². The Balaban J connectivity index is 2.03. The van der Waals surface area contributed by atoms with E-state index in [-0.39, 0.29) is 12.8 Å². The minimum atomic E-state index is 0.273. The van der Waals surface area contributed by atoms with E-state index in [0.29, 0.717) is 5.11 Å². The zero-order valence-corrected chi connectivity index (χ0v) is 12.0. The third-order valence-corrected chi connectivity index (χ3v) is 2.74. The van der Waals surface area contributed by atoms with Gasteiger partial charge in [0.25, 0.3) is 0 Å². The summed E-state index contributed by atoms with van der Waals surface area (Å²) in [6.07, 6.45) is 0. The molecule has 0 radical (unpaired) electrons. The summed E-state index contributed by atoms with van der Waals surface area (Å²) in [6, 6.07) is 6.00. The van der Waals surface area contributed by atoms with Crippen molar-refractivity contribution < 1.29 is 9.47 Å². The van der Waals surface area contributed by atoms with Gasteiger partial charge in [0.05, 0.1) is 5.71 Å². The molecule has 0 unspecified atom stereocenters. The van der Waals surface area contributed by atoms with E-state index in [9.17, 15) is 0 Å². The highest BCUT2D eigenvalue weighted by Gasteiger charge is 2.13. The fraction of sp³-hybridized carbons (Fsp3) is 0.385. The van der Waals surface area contributed by atoms with Crippen molar-refractivity contribution >= 4 is 23.0 Å². The second-order valence-electron chi connectivity index (χ2n) is 4.51. The standard InChI is InChI=1S/C13H17N3O2S/c1-8(2)14-13(19)16-15-9(3)10-4-5-11-12(6-10)18-7-17-11/h4-6,8H,7H2,1-3H3,(H2,14,16,19)/b15-9-. The number of hydrogen-bond donors (Lipinski definition) is 2.